The highest BCUT2D eigenvalue weighted by Gasteiger charge is 2.17. The van der Waals surface area contributed by atoms with E-state index in [4.69, 9.17) is 17.0 Å². The molecule has 0 radical (unpaired) electrons. The van der Waals surface area contributed by atoms with Gasteiger partial charge in [0.05, 0.1) is 29.9 Å². The van der Waals surface area contributed by atoms with Crippen LogP contribution in [0.5, 0.6) is 11.5 Å². The number of methoxy groups -OCH3 is 1. The van der Waals surface area contributed by atoms with Crippen LogP contribution in [0.15, 0.2) is 17.2 Å². The molecule has 0 spiro atoms. The van der Waals surface area contributed by atoms with Crippen molar-refractivity contribution in [3.05, 3.63) is 27.8 Å². The van der Waals surface area contributed by atoms with E-state index in [0.717, 1.165) is 18.9 Å². The van der Waals surface area contributed by atoms with Crippen LogP contribution in [0.3, 0.4) is 0 Å². The number of hydrogen-bond acceptors (Lipinski definition) is 6. The molecule has 0 aromatic heterocycles. The summed E-state index contributed by atoms with van der Waals surface area (Å²) in [7, 11) is 1.32. The molecule has 0 amide bonds. The zero-order chi connectivity index (χ0) is 17.5. The van der Waals surface area contributed by atoms with Gasteiger partial charge in [0, 0.05) is 6.04 Å². The SMILES string of the molecule is COc1cc([N+](=O)[O-])c(/C=N/NC(=S)NC2CCCCC2)cc1O. The summed E-state index contributed by atoms with van der Waals surface area (Å²) in [5, 5.41) is 28.3. The lowest BCUT2D eigenvalue weighted by Gasteiger charge is -2.23. The third kappa shape index (κ3) is 4.79. The smallest absolute Gasteiger partial charge is 0.282 e. The minimum atomic E-state index is -0.568. The fourth-order valence-electron chi connectivity index (χ4n) is 2.62. The molecule has 130 valence electrons. The molecule has 1 fully saturated rings. The molecular formula is C15H20N4O4S. The fourth-order valence-corrected chi connectivity index (χ4v) is 2.84. The predicted octanol–water partition coefficient (Wildman–Crippen LogP) is 2.44. The highest BCUT2D eigenvalue weighted by molar-refractivity contribution is 7.80. The van der Waals surface area contributed by atoms with Crippen LogP contribution in [-0.4, -0.2) is 34.5 Å². The zero-order valence-corrected chi connectivity index (χ0v) is 14.1. The van der Waals surface area contributed by atoms with Gasteiger partial charge in [-0.1, -0.05) is 19.3 Å². The molecule has 0 bridgehead atoms. The Morgan fingerprint density at radius 2 is 2.17 bits per heavy atom. The van der Waals surface area contributed by atoms with Gasteiger partial charge in [0.2, 0.25) is 0 Å². The summed E-state index contributed by atoms with van der Waals surface area (Å²) in [6.45, 7) is 0. The lowest BCUT2D eigenvalue weighted by molar-refractivity contribution is -0.385. The third-order valence-corrected chi connectivity index (χ3v) is 4.04. The summed E-state index contributed by atoms with van der Waals surface area (Å²) < 4.78 is 4.87. The van der Waals surface area contributed by atoms with Crippen LogP contribution in [0.2, 0.25) is 0 Å². The van der Waals surface area contributed by atoms with Crippen molar-refractivity contribution in [3.63, 3.8) is 0 Å². The third-order valence-electron chi connectivity index (χ3n) is 3.83. The number of ether oxygens (including phenoxy) is 1. The van der Waals surface area contributed by atoms with E-state index in [9.17, 15) is 15.2 Å². The standard InChI is InChI=1S/C15H20N4O4S/c1-23-14-8-12(19(21)22)10(7-13(14)20)9-16-18-15(24)17-11-5-3-2-4-6-11/h7-9,11,20H,2-6H2,1H3,(H2,17,18,24)/b16-9+. The first-order valence-electron chi connectivity index (χ1n) is 7.66. The summed E-state index contributed by atoms with van der Waals surface area (Å²) in [4.78, 5) is 10.5. The van der Waals surface area contributed by atoms with Crippen LogP contribution in [0.1, 0.15) is 37.7 Å². The molecule has 1 saturated carbocycles. The first-order chi connectivity index (χ1) is 11.5. The van der Waals surface area contributed by atoms with Crippen molar-refractivity contribution in [3.8, 4) is 11.5 Å². The Kier molecular flexibility index (Phi) is 6.30. The lowest BCUT2D eigenvalue weighted by atomic mass is 9.96. The van der Waals surface area contributed by atoms with Crippen LogP contribution in [-0.2, 0) is 0 Å². The van der Waals surface area contributed by atoms with Gasteiger partial charge in [0.25, 0.3) is 5.69 Å². The van der Waals surface area contributed by atoms with E-state index in [2.05, 4.69) is 15.8 Å². The van der Waals surface area contributed by atoms with Crippen LogP contribution in [0, 0.1) is 10.1 Å². The van der Waals surface area contributed by atoms with Crippen molar-refractivity contribution in [1.82, 2.24) is 10.7 Å². The Balaban J connectivity index is 2.01. The second kappa shape index (κ2) is 8.44. The average molecular weight is 352 g/mol. The quantitative estimate of drug-likeness (QED) is 0.323. The Hall–Kier alpha value is -2.42. The first kappa shape index (κ1) is 17.9. The van der Waals surface area contributed by atoms with Gasteiger partial charge in [0.1, 0.15) is 0 Å². The van der Waals surface area contributed by atoms with E-state index in [1.54, 1.807) is 0 Å². The maximum Gasteiger partial charge on any atom is 0.282 e. The zero-order valence-electron chi connectivity index (χ0n) is 13.3. The largest absolute Gasteiger partial charge is 0.504 e. The number of benzene rings is 1. The average Bonchev–Trinajstić information content (AvgIpc) is 2.55. The van der Waals surface area contributed by atoms with E-state index >= 15 is 0 Å². The lowest BCUT2D eigenvalue weighted by Crippen LogP contribution is -2.40. The number of nitrogens with zero attached hydrogens (tertiary/aromatic N) is 2. The van der Waals surface area contributed by atoms with Crippen LogP contribution in [0.4, 0.5) is 5.69 Å². The van der Waals surface area contributed by atoms with Crippen molar-refractivity contribution in [1.29, 1.82) is 0 Å². The van der Waals surface area contributed by atoms with Crippen molar-refractivity contribution in [2.75, 3.05) is 7.11 Å². The van der Waals surface area contributed by atoms with E-state index in [-0.39, 0.29) is 22.7 Å². The van der Waals surface area contributed by atoms with Gasteiger partial charge in [-0.05, 0) is 31.1 Å². The molecular weight excluding hydrogens is 332 g/mol. The van der Waals surface area contributed by atoms with Gasteiger partial charge in [-0.2, -0.15) is 5.10 Å². The number of nitrogens with one attached hydrogen (secondary N) is 2. The minimum Gasteiger partial charge on any atom is -0.504 e. The number of rotatable bonds is 5. The highest BCUT2D eigenvalue weighted by atomic mass is 32.1. The van der Waals surface area contributed by atoms with Gasteiger partial charge < -0.3 is 15.2 Å². The van der Waals surface area contributed by atoms with E-state index < -0.39 is 4.92 Å². The number of phenols is 1. The predicted molar refractivity (Wildman–Crippen MR) is 94.6 cm³/mol. The van der Waals surface area contributed by atoms with Gasteiger partial charge in [-0.3, -0.25) is 15.5 Å². The number of hydrogen-bond donors (Lipinski definition) is 3. The van der Waals surface area contributed by atoms with Crippen molar-refractivity contribution in [2.24, 2.45) is 5.10 Å². The van der Waals surface area contributed by atoms with Gasteiger partial charge in [-0.25, -0.2) is 0 Å². The normalized spacial score (nSPS) is 15.2. The summed E-state index contributed by atoms with van der Waals surface area (Å²) in [6, 6.07) is 2.71. The number of thiocarbonyl (C=S) groups is 1. The molecule has 3 N–H and O–H groups in total. The topological polar surface area (TPSA) is 109 Å². The maximum atomic E-state index is 11.1. The Labute approximate surface area is 145 Å². The molecule has 2 rings (SSSR count). The molecule has 8 nitrogen and oxygen atoms in total. The summed E-state index contributed by atoms with van der Waals surface area (Å²) in [5.41, 5.74) is 2.57. The molecule has 1 aliphatic carbocycles. The monoisotopic (exact) mass is 352 g/mol. The maximum absolute atomic E-state index is 11.1. The van der Waals surface area contributed by atoms with Crippen molar-refractivity contribution in [2.45, 2.75) is 38.1 Å². The molecule has 1 aromatic carbocycles. The van der Waals surface area contributed by atoms with Crippen molar-refractivity contribution >= 4 is 29.2 Å². The number of aromatic hydroxyl groups is 1. The van der Waals surface area contributed by atoms with Gasteiger partial charge in [-0.15, -0.1) is 0 Å². The Morgan fingerprint density at radius 1 is 1.46 bits per heavy atom. The number of hydrazone groups is 1. The van der Waals surface area contributed by atoms with Crippen LogP contribution < -0.4 is 15.5 Å². The second-order valence-corrected chi connectivity index (χ2v) is 5.93. The molecule has 1 aliphatic rings. The molecule has 0 atom stereocenters. The molecule has 1 aromatic rings. The second-order valence-electron chi connectivity index (χ2n) is 5.52. The Morgan fingerprint density at radius 3 is 2.79 bits per heavy atom. The van der Waals surface area contributed by atoms with Crippen LogP contribution >= 0.6 is 12.2 Å². The minimum absolute atomic E-state index is 0.0290. The summed E-state index contributed by atoms with van der Waals surface area (Å²) in [6.07, 6.45) is 7.00. The Bertz CT molecular complexity index is 645. The molecule has 0 heterocycles. The van der Waals surface area contributed by atoms with Crippen LogP contribution in [0.25, 0.3) is 0 Å². The van der Waals surface area contributed by atoms with E-state index in [1.165, 1.54) is 38.7 Å². The van der Waals surface area contributed by atoms with Gasteiger partial charge >= 0.3 is 0 Å². The molecule has 0 unspecified atom stereocenters. The van der Waals surface area contributed by atoms with E-state index in [0.29, 0.717) is 11.2 Å². The number of nitro groups is 1. The number of phenolic OH excluding ortho intramolecular Hbond substituents is 1. The first-order valence-corrected chi connectivity index (χ1v) is 8.07. The molecule has 24 heavy (non-hydrogen) atoms. The fraction of sp³-hybridized carbons (Fsp3) is 0.467. The molecule has 0 aliphatic heterocycles. The molecule has 0 saturated heterocycles. The van der Waals surface area contributed by atoms with Gasteiger partial charge in [0.15, 0.2) is 16.6 Å². The van der Waals surface area contributed by atoms with Crippen molar-refractivity contribution < 1.29 is 14.8 Å². The summed E-state index contributed by atoms with van der Waals surface area (Å²) in [5.74, 6) is -0.172. The highest BCUT2D eigenvalue weighted by Crippen LogP contribution is 2.32. The summed E-state index contributed by atoms with van der Waals surface area (Å²) >= 11 is 5.16. The number of nitro benzene ring substituents is 1. The van der Waals surface area contributed by atoms with E-state index in [1.807, 2.05) is 0 Å². The molecule has 9 heteroatoms.